The fourth-order valence-electron chi connectivity index (χ4n) is 4.68. The first-order valence-corrected chi connectivity index (χ1v) is 9.85. The lowest BCUT2D eigenvalue weighted by molar-refractivity contribution is 0.596. The molecule has 0 aliphatic carbocycles. The molecule has 2 aromatic heterocycles. The smallest absolute Gasteiger partial charge is 0.206 e. The van der Waals surface area contributed by atoms with E-state index in [1.54, 1.807) is 0 Å². The average Bonchev–Trinajstić information content (AvgIpc) is 2.74. The average molecular weight is 408 g/mol. The molecular weight excluding hydrogens is 388 g/mol. The van der Waals surface area contributed by atoms with Crippen molar-refractivity contribution in [1.29, 1.82) is 15.9 Å². The fraction of sp³-hybridized carbons (Fsp3) is 0.208. The standard InChI is InChI=1S/C24H20N6O/c1-11-7-24(2,3)30(4)16-6-17-14(5-13(11)16)19-15(9-26)21(27)22(28)18-12(8-25)10-29-23(31-17)20(18)19/h5-7,10,27,29H,28H2,1-4H3. The summed E-state index contributed by atoms with van der Waals surface area (Å²) < 4.78 is 6.22. The van der Waals surface area contributed by atoms with Gasteiger partial charge in [-0.05, 0) is 32.4 Å². The van der Waals surface area contributed by atoms with Crippen LogP contribution in [-0.4, -0.2) is 17.6 Å². The number of nitrogens with two attached hydrogens (primary N) is 1. The van der Waals surface area contributed by atoms with Crippen molar-refractivity contribution in [3.63, 3.8) is 0 Å². The van der Waals surface area contributed by atoms with Crippen LogP contribution in [-0.2, 0) is 0 Å². The molecule has 152 valence electrons. The Labute approximate surface area is 178 Å². The van der Waals surface area contributed by atoms with Crippen LogP contribution in [0.1, 0.15) is 37.5 Å². The Hall–Kier alpha value is -4.23. The maximum Gasteiger partial charge on any atom is 0.206 e. The van der Waals surface area contributed by atoms with Gasteiger partial charge in [0.15, 0.2) is 0 Å². The Balaban J connectivity index is 2.09. The highest BCUT2D eigenvalue weighted by Crippen LogP contribution is 2.43. The van der Waals surface area contributed by atoms with Crippen LogP contribution in [0, 0.1) is 28.1 Å². The van der Waals surface area contributed by atoms with Gasteiger partial charge in [-0.2, -0.15) is 10.5 Å². The number of nitrogens with one attached hydrogen (secondary N) is 2. The van der Waals surface area contributed by atoms with Crippen LogP contribution in [0.3, 0.4) is 0 Å². The predicted molar refractivity (Wildman–Crippen MR) is 121 cm³/mol. The van der Waals surface area contributed by atoms with E-state index >= 15 is 0 Å². The van der Waals surface area contributed by atoms with E-state index in [1.165, 1.54) is 6.20 Å². The predicted octanol–water partition coefficient (Wildman–Crippen LogP) is 4.50. The molecule has 0 radical (unpaired) electrons. The largest absolute Gasteiger partial charge is 0.440 e. The van der Waals surface area contributed by atoms with E-state index in [9.17, 15) is 10.5 Å². The molecule has 31 heavy (non-hydrogen) atoms. The minimum Gasteiger partial charge on any atom is -0.440 e. The van der Waals surface area contributed by atoms with Gasteiger partial charge in [-0.3, -0.25) is 5.41 Å². The third kappa shape index (κ3) is 2.29. The highest BCUT2D eigenvalue weighted by atomic mass is 16.3. The third-order valence-electron chi connectivity index (χ3n) is 6.41. The number of nitrogen functional groups attached to an aromatic ring is 1. The fourth-order valence-corrected chi connectivity index (χ4v) is 4.68. The highest BCUT2D eigenvalue weighted by Gasteiger charge is 2.30. The minimum absolute atomic E-state index is 0.0743. The quantitative estimate of drug-likeness (QED) is 0.224. The summed E-state index contributed by atoms with van der Waals surface area (Å²) in [7, 11) is 2.04. The van der Waals surface area contributed by atoms with Crippen molar-refractivity contribution in [2.45, 2.75) is 26.3 Å². The molecule has 0 unspecified atom stereocenters. The zero-order valence-electron chi connectivity index (χ0n) is 17.6. The molecule has 7 heteroatoms. The van der Waals surface area contributed by atoms with Crippen LogP contribution >= 0.6 is 0 Å². The number of benzene rings is 2. The molecule has 0 spiro atoms. The van der Waals surface area contributed by atoms with Crippen LogP contribution in [0.4, 0.5) is 11.4 Å². The van der Waals surface area contributed by atoms with E-state index < -0.39 is 0 Å². The van der Waals surface area contributed by atoms with Crippen molar-refractivity contribution < 1.29 is 4.42 Å². The zero-order valence-corrected chi connectivity index (χ0v) is 17.6. The van der Waals surface area contributed by atoms with E-state index in [0.29, 0.717) is 38.4 Å². The lowest BCUT2D eigenvalue weighted by Crippen LogP contribution is -2.42. The number of pyridine rings is 1. The summed E-state index contributed by atoms with van der Waals surface area (Å²) in [5.74, 6) is 0. The summed E-state index contributed by atoms with van der Waals surface area (Å²) >= 11 is 0. The number of anilines is 2. The molecule has 0 amide bonds. The van der Waals surface area contributed by atoms with E-state index in [1.807, 2.05) is 19.2 Å². The molecule has 2 aromatic carbocycles. The van der Waals surface area contributed by atoms with Crippen LogP contribution in [0.2, 0.25) is 0 Å². The molecule has 0 bridgehead atoms. The summed E-state index contributed by atoms with van der Waals surface area (Å²) in [5.41, 5.74) is 10.8. The molecule has 0 saturated carbocycles. The SMILES string of the molecule is CC1=CC(C)(C)N(C)c2cc3oc4[nH]cc(C#N)c5c(N)c(=N)c(C#N)c(c3cc21)c45. The second-order valence-corrected chi connectivity index (χ2v) is 8.55. The highest BCUT2D eigenvalue weighted by molar-refractivity contribution is 6.23. The number of aromatic nitrogens is 1. The Morgan fingerprint density at radius 2 is 1.90 bits per heavy atom. The molecule has 0 fully saturated rings. The van der Waals surface area contributed by atoms with E-state index in [-0.39, 0.29) is 22.1 Å². The second-order valence-electron chi connectivity index (χ2n) is 8.55. The lowest BCUT2D eigenvalue weighted by atomic mass is 9.87. The lowest BCUT2D eigenvalue weighted by Gasteiger charge is -2.40. The molecule has 3 heterocycles. The Morgan fingerprint density at radius 1 is 1.16 bits per heavy atom. The summed E-state index contributed by atoms with van der Waals surface area (Å²) in [6, 6.07) is 8.27. The Morgan fingerprint density at radius 3 is 2.58 bits per heavy atom. The van der Waals surface area contributed by atoms with E-state index in [2.05, 4.69) is 48.9 Å². The molecule has 4 N–H and O–H groups in total. The zero-order chi connectivity index (χ0) is 22.2. The van der Waals surface area contributed by atoms with Gasteiger partial charge in [-0.1, -0.05) is 6.08 Å². The van der Waals surface area contributed by atoms with Gasteiger partial charge < -0.3 is 20.0 Å². The van der Waals surface area contributed by atoms with Crippen molar-refractivity contribution in [3.8, 4) is 12.1 Å². The van der Waals surface area contributed by atoms with Crippen LogP contribution in [0.25, 0.3) is 38.4 Å². The van der Waals surface area contributed by atoms with Crippen molar-refractivity contribution in [3.05, 3.63) is 46.5 Å². The first kappa shape index (κ1) is 18.8. The summed E-state index contributed by atoms with van der Waals surface area (Å²) in [6.45, 7) is 6.37. The summed E-state index contributed by atoms with van der Waals surface area (Å²) in [6.07, 6.45) is 3.73. The summed E-state index contributed by atoms with van der Waals surface area (Å²) in [5, 5.41) is 30.3. The number of fused-ring (bicyclic) bond motifs is 3. The number of hydrogen-bond donors (Lipinski definition) is 3. The number of nitriles is 2. The number of nitrogens with zero attached hydrogens (tertiary/aromatic N) is 3. The van der Waals surface area contributed by atoms with Crippen molar-refractivity contribution in [1.82, 2.24) is 4.98 Å². The van der Waals surface area contributed by atoms with Gasteiger partial charge in [0.1, 0.15) is 17.7 Å². The Bertz CT molecular complexity index is 1640. The molecule has 0 saturated heterocycles. The summed E-state index contributed by atoms with van der Waals surface area (Å²) in [4.78, 5) is 5.22. The van der Waals surface area contributed by atoms with Crippen LogP contribution in [0.15, 0.2) is 28.8 Å². The third-order valence-corrected chi connectivity index (χ3v) is 6.41. The van der Waals surface area contributed by atoms with Gasteiger partial charge in [-0.15, -0.1) is 0 Å². The first-order valence-electron chi connectivity index (χ1n) is 9.85. The maximum absolute atomic E-state index is 9.92. The number of allylic oxidation sites excluding steroid dienone is 1. The topological polar surface area (TPSA) is 130 Å². The van der Waals surface area contributed by atoms with Gasteiger partial charge in [0.25, 0.3) is 0 Å². The number of hydrogen-bond acceptors (Lipinski definition) is 6. The molecule has 1 aliphatic heterocycles. The number of aromatic amines is 1. The minimum atomic E-state index is -0.160. The van der Waals surface area contributed by atoms with Crippen molar-refractivity contribution in [2.24, 2.45) is 0 Å². The van der Waals surface area contributed by atoms with Crippen LogP contribution in [0.5, 0.6) is 0 Å². The van der Waals surface area contributed by atoms with Crippen molar-refractivity contribution >= 4 is 49.8 Å². The van der Waals surface area contributed by atoms with Gasteiger partial charge in [-0.25, -0.2) is 0 Å². The number of likely N-dealkylation sites (N-methyl/N-ethyl adjacent to an activating group) is 1. The van der Waals surface area contributed by atoms with Gasteiger partial charge in [0.05, 0.1) is 33.1 Å². The second kappa shape index (κ2) is 5.90. The molecular formula is C24H20N6O. The molecule has 5 rings (SSSR count). The number of rotatable bonds is 0. The normalized spacial score (nSPS) is 15.0. The van der Waals surface area contributed by atoms with E-state index in [4.69, 9.17) is 15.6 Å². The monoisotopic (exact) mass is 408 g/mol. The maximum atomic E-state index is 9.92. The van der Waals surface area contributed by atoms with Crippen molar-refractivity contribution in [2.75, 3.05) is 17.7 Å². The molecule has 7 nitrogen and oxygen atoms in total. The molecule has 0 atom stereocenters. The van der Waals surface area contributed by atoms with Gasteiger partial charge in [0.2, 0.25) is 5.71 Å². The van der Waals surface area contributed by atoms with Gasteiger partial charge >= 0.3 is 0 Å². The van der Waals surface area contributed by atoms with Gasteiger partial charge in [0, 0.05) is 46.7 Å². The Kier molecular flexibility index (Phi) is 3.57. The molecule has 4 aromatic rings. The van der Waals surface area contributed by atoms with Crippen LogP contribution < -0.4 is 16.0 Å². The number of H-pyrrole nitrogens is 1. The first-order chi connectivity index (χ1) is 14.7. The molecule has 1 aliphatic rings. The van der Waals surface area contributed by atoms with E-state index in [0.717, 1.165) is 16.8 Å².